The van der Waals surface area contributed by atoms with Crippen LogP contribution in [0.15, 0.2) is 12.1 Å². The molecule has 7 heteroatoms. The summed E-state index contributed by atoms with van der Waals surface area (Å²) in [7, 11) is 8.46. The van der Waals surface area contributed by atoms with Crippen LogP contribution in [0.3, 0.4) is 0 Å². The topological polar surface area (TPSA) is 72.3 Å². The molecule has 1 atom stereocenters. The van der Waals surface area contributed by atoms with Crippen LogP contribution in [0.5, 0.6) is 11.5 Å². The fourth-order valence-corrected chi connectivity index (χ4v) is 2.27. The van der Waals surface area contributed by atoms with Gasteiger partial charge in [0.1, 0.15) is 6.54 Å². The summed E-state index contributed by atoms with van der Waals surface area (Å²) in [6.07, 6.45) is 0. The molecule has 2 N–H and O–H groups in total. The normalized spacial score (nSPS) is 11.6. The number of nitrogens with one attached hydrogen (secondary N) is 2. The van der Waals surface area contributed by atoms with Gasteiger partial charge in [-0.25, -0.2) is 0 Å². The van der Waals surface area contributed by atoms with Gasteiger partial charge >= 0.3 is 0 Å². The Morgan fingerprint density at radius 2 is 1.75 bits per heavy atom. The van der Waals surface area contributed by atoms with E-state index in [1.165, 1.54) is 4.90 Å². The largest absolute Gasteiger partial charge is 0.493 e. The third-order valence-electron chi connectivity index (χ3n) is 3.73. The van der Waals surface area contributed by atoms with Crippen molar-refractivity contribution in [3.05, 3.63) is 23.3 Å². The van der Waals surface area contributed by atoms with Crippen molar-refractivity contribution < 1.29 is 24.0 Å². The molecule has 0 aliphatic rings. The monoisotopic (exact) mass is 338 g/mol. The van der Waals surface area contributed by atoms with Crippen molar-refractivity contribution in [2.45, 2.75) is 13.5 Å². The zero-order valence-electron chi connectivity index (χ0n) is 15.4. The summed E-state index contributed by atoms with van der Waals surface area (Å²) >= 11 is 0. The SMILES string of the molecule is COc1cc(C)c(C[NH+](C)CC(=O)NCC(=O)N(C)C)cc1OC. The molecule has 1 aromatic rings. The number of likely N-dealkylation sites (N-methyl/N-ethyl adjacent to an activating group) is 2. The summed E-state index contributed by atoms with van der Waals surface area (Å²) in [4.78, 5) is 25.9. The van der Waals surface area contributed by atoms with Gasteiger partial charge in [-0.15, -0.1) is 0 Å². The van der Waals surface area contributed by atoms with E-state index in [0.717, 1.165) is 16.0 Å². The summed E-state index contributed by atoms with van der Waals surface area (Å²) in [5.41, 5.74) is 2.16. The van der Waals surface area contributed by atoms with E-state index in [2.05, 4.69) is 5.32 Å². The number of aryl methyl sites for hydroxylation is 1. The predicted molar refractivity (Wildman–Crippen MR) is 91.4 cm³/mol. The van der Waals surface area contributed by atoms with Gasteiger partial charge in [-0.1, -0.05) is 0 Å². The first-order valence-electron chi connectivity index (χ1n) is 7.78. The van der Waals surface area contributed by atoms with Gasteiger partial charge < -0.3 is 24.6 Å². The minimum absolute atomic E-state index is 0.0223. The Bertz CT molecular complexity index is 587. The van der Waals surface area contributed by atoms with Gasteiger partial charge in [-0.2, -0.15) is 0 Å². The number of nitrogens with zero attached hydrogens (tertiary/aromatic N) is 1. The summed E-state index contributed by atoms with van der Waals surface area (Å²) in [5.74, 6) is 1.08. The third-order valence-corrected chi connectivity index (χ3v) is 3.73. The van der Waals surface area contributed by atoms with Gasteiger partial charge in [-0.3, -0.25) is 9.59 Å². The molecule has 7 nitrogen and oxygen atoms in total. The number of methoxy groups -OCH3 is 2. The van der Waals surface area contributed by atoms with Crippen molar-refractivity contribution in [3.8, 4) is 11.5 Å². The van der Waals surface area contributed by atoms with Crippen LogP contribution in [0, 0.1) is 6.92 Å². The number of benzene rings is 1. The number of amides is 2. The second-order valence-corrected chi connectivity index (χ2v) is 6.01. The quantitative estimate of drug-likeness (QED) is 0.653. The minimum atomic E-state index is -0.152. The van der Waals surface area contributed by atoms with Gasteiger partial charge in [0, 0.05) is 19.7 Å². The fourth-order valence-electron chi connectivity index (χ4n) is 2.27. The first-order chi connectivity index (χ1) is 11.3. The van der Waals surface area contributed by atoms with E-state index in [4.69, 9.17) is 9.47 Å². The lowest BCUT2D eigenvalue weighted by atomic mass is 10.1. The van der Waals surface area contributed by atoms with Crippen molar-refractivity contribution in [3.63, 3.8) is 0 Å². The van der Waals surface area contributed by atoms with Gasteiger partial charge in [-0.05, 0) is 24.6 Å². The molecule has 24 heavy (non-hydrogen) atoms. The van der Waals surface area contributed by atoms with Gasteiger partial charge in [0.2, 0.25) is 5.91 Å². The molecule has 0 bridgehead atoms. The van der Waals surface area contributed by atoms with Crippen LogP contribution < -0.4 is 19.7 Å². The third kappa shape index (κ3) is 5.73. The fraction of sp³-hybridized carbons (Fsp3) is 0.529. The van der Waals surface area contributed by atoms with E-state index >= 15 is 0 Å². The predicted octanol–water partition coefficient (Wildman–Crippen LogP) is -0.769. The molecule has 0 aromatic heterocycles. The van der Waals surface area contributed by atoms with Crippen LogP contribution in [-0.2, 0) is 16.1 Å². The zero-order chi connectivity index (χ0) is 18.3. The van der Waals surface area contributed by atoms with E-state index in [0.29, 0.717) is 18.0 Å². The molecular formula is C17H28N3O4+. The Labute approximate surface area is 143 Å². The Kier molecular flexibility index (Phi) is 7.51. The molecule has 2 amide bonds. The molecule has 0 saturated carbocycles. The average Bonchev–Trinajstić information content (AvgIpc) is 2.53. The van der Waals surface area contributed by atoms with Crippen molar-refractivity contribution in [2.24, 2.45) is 0 Å². The Morgan fingerprint density at radius 3 is 2.29 bits per heavy atom. The lowest BCUT2D eigenvalue weighted by Crippen LogP contribution is -3.09. The van der Waals surface area contributed by atoms with Crippen LogP contribution in [-0.4, -0.2) is 65.2 Å². The van der Waals surface area contributed by atoms with Crippen LogP contribution in [0.2, 0.25) is 0 Å². The summed E-state index contributed by atoms with van der Waals surface area (Å²) in [6.45, 7) is 2.98. The summed E-state index contributed by atoms with van der Waals surface area (Å²) < 4.78 is 10.6. The van der Waals surface area contributed by atoms with Crippen LogP contribution in [0.25, 0.3) is 0 Å². The molecule has 0 saturated heterocycles. The standard InChI is InChI=1S/C17H27N3O4/c1-12-7-14(23-5)15(24-6)8-13(12)10-20(4)11-16(21)18-9-17(22)19(2)3/h7-8H,9-11H2,1-6H3,(H,18,21)/p+1. The van der Waals surface area contributed by atoms with Crippen molar-refractivity contribution in [2.75, 3.05) is 48.5 Å². The number of carbonyl (C=O) groups is 2. The van der Waals surface area contributed by atoms with Crippen LogP contribution in [0.1, 0.15) is 11.1 Å². The molecule has 1 rings (SSSR count). The number of hydrogen-bond acceptors (Lipinski definition) is 4. The number of carbonyl (C=O) groups excluding carboxylic acids is 2. The molecule has 134 valence electrons. The van der Waals surface area contributed by atoms with Crippen LogP contribution >= 0.6 is 0 Å². The van der Waals surface area contributed by atoms with E-state index in [1.54, 1.807) is 28.3 Å². The number of rotatable bonds is 8. The lowest BCUT2D eigenvalue weighted by molar-refractivity contribution is -0.885. The van der Waals surface area contributed by atoms with Gasteiger partial charge in [0.05, 0.1) is 27.8 Å². The van der Waals surface area contributed by atoms with E-state index < -0.39 is 0 Å². The van der Waals surface area contributed by atoms with E-state index in [1.807, 2.05) is 26.1 Å². The van der Waals surface area contributed by atoms with E-state index in [9.17, 15) is 9.59 Å². The molecule has 0 aliphatic carbocycles. The van der Waals surface area contributed by atoms with E-state index in [-0.39, 0.29) is 24.9 Å². The molecule has 0 aliphatic heterocycles. The Morgan fingerprint density at radius 1 is 1.17 bits per heavy atom. The first-order valence-corrected chi connectivity index (χ1v) is 7.78. The summed E-state index contributed by atoms with van der Waals surface area (Å²) in [5, 5.41) is 2.64. The molecule has 0 spiro atoms. The second kappa shape index (κ2) is 9.12. The summed E-state index contributed by atoms with van der Waals surface area (Å²) in [6, 6.07) is 3.86. The minimum Gasteiger partial charge on any atom is -0.493 e. The van der Waals surface area contributed by atoms with Crippen molar-refractivity contribution in [1.29, 1.82) is 0 Å². The van der Waals surface area contributed by atoms with Gasteiger partial charge in [0.25, 0.3) is 5.91 Å². The Balaban J connectivity index is 2.63. The first kappa shape index (κ1) is 19.8. The highest BCUT2D eigenvalue weighted by molar-refractivity contribution is 5.84. The molecule has 0 fully saturated rings. The number of hydrogen-bond donors (Lipinski definition) is 2. The second-order valence-electron chi connectivity index (χ2n) is 6.01. The maximum Gasteiger partial charge on any atom is 0.275 e. The number of quaternary nitrogens is 1. The molecule has 1 unspecified atom stereocenters. The van der Waals surface area contributed by atoms with Gasteiger partial charge in [0.15, 0.2) is 18.0 Å². The van der Waals surface area contributed by atoms with Crippen LogP contribution in [0.4, 0.5) is 0 Å². The average molecular weight is 338 g/mol. The highest BCUT2D eigenvalue weighted by atomic mass is 16.5. The molecular weight excluding hydrogens is 310 g/mol. The Hall–Kier alpha value is -2.28. The number of ether oxygens (including phenoxy) is 2. The maximum absolute atomic E-state index is 11.9. The molecule has 0 radical (unpaired) electrons. The smallest absolute Gasteiger partial charge is 0.275 e. The van der Waals surface area contributed by atoms with Crippen molar-refractivity contribution >= 4 is 11.8 Å². The lowest BCUT2D eigenvalue weighted by Gasteiger charge is -2.17. The highest BCUT2D eigenvalue weighted by Gasteiger charge is 2.15. The highest BCUT2D eigenvalue weighted by Crippen LogP contribution is 2.29. The maximum atomic E-state index is 11.9. The molecule has 1 aromatic carbocycles. The zero-order valence-corrected chi connectivity index (χ0v) is 15.4. The molecule has 0 heterocycles. The van der Waals surface area contributed by atoms with Crippen molar-refractivity contribution in [1.82, 2.24) is 10.2 Å².